The van der Waals surface area contributed by atoms with Gasteiger partial charge in [-0.3, -0.25) is 19.1 Å². The molecule has 126 valence electrons. The van der Waals surface area contributed by atoms with Crippen LogP contribution in [0.2, 0.25) is 0 Å². The molecule has 8 heteroatoms. The quantitative estimate of drug-likeness (QED) is 0.730. The third-order valence-electron chi connectivity index (χ3n) is 3.38. The monoisotopic (exact) mass is 330 g/mol. The van der Waals surface area contributed by atoms with Gasteiger partial charge in [0, 0.05) is 17.8 Å². The first-order valence-electron chi connectivity index (χ1n) is 7.25. The summed E-state index contributed by atoms with van der Waals surface area (Å²) in [5.74, 6) is -1.60. The van der Waals surface area contributed by atoms with Crippen LogP contribution in [0.15, 0.2) is 30.5 Å². The van der Waals surface area contributed by atoms with E-state index in [0.29, 0.717) is 5.56 Å². The standard InChI is InChI=1S/C16H18N4O4/c1-10-3-4-12(7-11(10)2)16(24)17-8-14(21)18-13-5-6-20(19-13)9-15(22)23/h3-7H,8-9H2,1-2H3,(H,17,24)(H,22,23)(H,18,19,21). The van der Waals surface area contributed by atoms with Crippen LogP contribution >= 0.6 is 0 Å². The normalized spacial score (nSPS) is 10.2. The van der Waals surface area contributed by atoms with Gasteiger partial charge in [0.2, 0.25) is 5.91 Å². The molecule has 0 atom stereocenters. The molecule has 0 spiro atoms. The van der Waals surface area contributed by atoms with E-state index < -0.39 is 11.9 Å². The molecule has 0 saturated carbocycles. The number of carboxylic acid groups (broad SMARTS) is 1. The number of nitrogens with zero attached hydrogens (tertiary/aromatic N) is 2. The molecule has 3 N–H and O–H groups in total. The minimum absolute atomic E-state index is 0.211. The van der Waals surface area contributed by atoms with Gasteiger partial charge >= 0.3 is 5.97 Å². The molecular formula is C16H18N4O4. The highest BCUT2D eigenvalue weighted by Crippen LogP contribution is 2.09. The SMILES string of the molecule is Cc1ccc(C(=O)NCC(=O)Nc2ccn(CC(=O)O)n2)cc1C. The number of hydrogen-bond donors (Lipinski definition) is 3. The molecule has 0 aliphatic heterocycles. The number of aryl methyl sites for hydroxylation is 2. The van der Waals surface area contributed by atoms with E-state index in [4.69, 9.17) is 5.11 Å². The van der Waals surface area contributed by atoms with Gasteiger partial charge in [0.05, 0.1) is 6.54 Å². The number of carboxylic acids is 1. The maximum absolute atomic E-state index is 12.0. The predicted octanol–water partition coefficient (Wildman–Crippen LogP) is 0.953. The van der Waals surface area contributed by atoms with Crippen LogP contribution in [0.1, 0.15) is 21.5 Å². The lowest BCUT2D eigenvalue weighted by Gasteiger charge is -2.07. The van der Waals surface area contributed by atoms with Crippen LogP contribution in [-0.4, -0.2) is 39.2 Å². The van der Waals surface area contributed by atoms with Crippen molar-refractivity contribution in [1.82, 2.24) is 15.1 Å². The zero-order chi connectivity index (χ0) is 17.7. The number of amides is 2. The average molecular weight is 330 g/mol. The van der Waals surface area contributed by atoms with Gasteiger partial charge < -0.3 is 15.7 Å². The van der Waals surface area contributed by atoms with Crippen LogP contribution in [0.3, 0.4) is 0 Å². The lowest BCUT2D eigenvalue weighted by atomic mass is 10.1. The highest BCUT2D eigenvalue weighted by molar-refractivity contribution is 5.99. The van der Waals surface area contributed by atoms with E-state index >= 15 is 0 Å². The Hall–Kier alpha value is -3.16. The summed E-state index contributed by atoms with van der Waals surface area (Å²) in [5, 5.41) is 17.6. The summed E-state index contributed by atoms with van der Waals surface area (Å²) in [5.41, 5.74) is 2.56. The third kappa shape index (κ3) is 4.67. The predicted molar refractivity (Wildman–Crippen MR) is 86.7 cm³/mol. The van der Waals surface area contributed by atoms with Gasteiger partial charge in [-0.1, -0.05) is 6.07 Å². The zero-order valence-electron chi connectivity index (χ0n) is 13.4. The van der Waals surface area contributed by atoms with Crippen molar-refractivity contribution in [2.45, 2.75) is 20.4 Å². The Bertz CT molecular complexity index is 782. The number of carbonyl (C=O) groups is 3. The summed E-state index contributed by atoms with van der Waals surface area (Å²) in [7, 11) is 0. The second-order valence-corrected chi connectivity index (χ2v) is 5.32. The smallest absolute Gasteiger partial charge is 0.325 e. The van der Waals surface area contributed by atoms with E-state index in [1.807, 2.05) is 19.9 Å². The van der Waals surface area contributed by atoms with Crippen LogP contribution in [0, 0.1) is 13.8 Å². The number of carbonyl (C=O) groups excluding carboxylic acids is 2. The Labute approximate surface area is 138 Å². The number of aliphatic carboxylic acids is 1. The summed E-state index contributed by atoms with van der Waals surface area (Å²) >= 11 is 0. The Morgan fingerprint density at radius 2 is 1.92 bits per heavy atom. The maximum Gasteiger partial charge on any atom is 0.325 e. The highest BCUT2D eigenvalue weighted by atomic mass is 16.4. The van der Waals surface area contributed by atoms with E-state index in [1.165, 1.54) is 16.9 Å². The molecule has 2 amide bonds. The molecule has 24 heavy (non-hydrogen) atoms. The summed E-state index contributed by atoms with van der Waals surface area (Å²) in [6.45, 7) is 3.36. The molecule has 1 aromatic heterocycles. The molecule has 2 aromatic rings. The molecule has 0 unspecified atom stereocenters. The van der Waals surface area contributed by atoms with Gasteiger partial charge in [0.25, 0.3) is 5.91 Å². The Kier molecular flexibility index (Phi) is 5.31. The number of aromatic nitrogens is 2. The van der Waals surface area contributed by atoms with E-state index in [2.05, 4.69) is 15.7 Å². The molecule has 0 aliphatic rings. The molecule has 0 bridgehead atoms. The summed E-state index contributed by atoms with van der Waals surface area (Å²) in [6.07, 6.45) is 1.44. The first kappa shape index (κ1) is 17.2. The molecule has 1 heterocycles. The molecule has 0 aliphatic carbocycles. The molecule has 2 rings (SSSR count). The topological polar surface area (TPSA) is 113 Å². The van der Waals surface area contributed by atoms with Gasteiger partial charge in [0.1, 0.15) is 6.54 Å². The molecule has 0 fully saturated rings. The van der Waals surface area contributed by atoms with Crippen molar-refractivity contribution < 1.29 is 19.5 Å². The van der Waals surface area contributed by atoms with Crippen molar-refractivity contribution in [2.24, 2.45) is 0 Å². The largest absolute Gasteiger partial charge is 0.480 e. The van der Waals surface area contributed by atoms with Crippen molar-refractivity contribution in [3.8, 4) is 0 Å². The Morgan fingerprint density at radius 3 is 2.58 bits per heavy atom. The molecule has 1 aromatic carbocycles. The van der Waals surface area contributed by atoms with E-state index in [0.717, 1.165) is 11.1 Å². The van der Waals surface area contributed by atoms with Gasteiger partial charge in [-0.15, -0.1) is 0 Å². The number of hydrogen-bond acceptors (Lipinski definition) is 4. The fourth-order valence-electron chi connectivity index (χ4n) is 1.99. The summed E-state index contributed by atoms with van der Waals surface area (Å²) in [6, 6.07) is 6.78. The lowest BCUT2D eigenvalue weighted by Crippen LogP contribution is -2.33. The number of rotatable bonds is 6. The lowest BCUT2D eigenvalue weighted by molar-refractivity contribution is -0.137. The Morgan fingerprint density at radius 1 is 1.17 bits per heavy atom. The maximum atomic E-state index is 12.0. The van der Waals surface area contributed by atoms with Crippen molar-refractivity contribution in [1.29, 1.82) is 0 Å². The van der Waals surface area contributed by atoms with Crippen molar-refractivity contribution in [3.63, 3.8) is 0 Å². The first-order valence-corrected chi connectivity index (χ1v) is 7.25. The minimum atomic E-state index is -1.03. The Balaban J connectivity index is 1.86. The van der Waals surface area contributed by atoms with E-state index in [1.54, 1.807) is 12.1 Å². The van der Waals surface area contributed by atoms with Crippen LogP contribution in [0.5, 0.6) is 0 Å². The van der Waals surface area contributed by atoms with Crippen molar-refractivity contribution in [3.05, 3.63) is 47.2 Å². The van der Waals surface area contributed by atoms with Gasteiger partial charge in [-0.25, -0.2) is 0 Å². The van der Waals surface area contributed by atoms with Crippen molar-refractivity contribution in [2.75, 3.05) is 11.9 Å². The molecular weight excluding hydrogens is 312 g/mol. The molecule has 0 radical (unpaired) electrons. The van der Waals surface area contributed by atoms with Gasteiger partial charge in [0.15, 0.2) is 5.82 Å². The fourth-order valence-corrected chi connectivity index (χ4v) is 1.99. The van der Waals surface area contributed by atoms with Crippen LogP contribution in [0.4, 0.5) is 5.82 Å². The van der Waals surface area contributed by atoms with E-state index in [-0.39, 0.29) is 24.8 Å². The van der Waals surface area contributed by atoms with Crippen LogP contribution < -0.4 is 10.6 Å². The first-order chi connectivity index (χ1) is 11.3. The minimum Gasteiger partial charge on any atom is -0.480 e. The number of nitrogens with one attached hydrogen (secondary N) is 2. The average Bonchev–Trinajstić information content (AvgIpc) is 2.93. The van der Waals surface area contributed by atoms with Crippen LogP contribution in [-0.2, 0) is 16.1 Å². The second-order valence-electron chi connectivity index (χ2n) is 5.32. The second kappa shape index (κ2) is 7.40. The van der Waals surface area contributed by atoms with Gasteiger partial charge in [-0.05, 0) is 37.1 Å². The molecule has 0 saturated heterocycles. The number of anilines is 1. The summed E-state index contributed by atoms with van der Waals surface area (Å²) in [4.78, 5) is 34.4. The number of benzene rings is 1. The highest BCUT2D eigenvalue weighted by Gasteiger charge is 2.10. The molecule has 8 nitrogen and oxygen atoms in total. The van der Waals surface area contributed by atoms with Gasteiger partial charge in [-0.2, -0.15) is 5.10 Å². The summed E-state index contributed by atoms with van der Waals surface area (Å²) < 4.78 is 1.19. The van der Waals surface area contributed by atoms with Crippen LogP contribution in [0.25, 0.3) is 0 Å². The third-order valence-corrected chi connectivity index (χ3v) is 3.38. The zero-order valence-corrected chi connectivity index (χ0v) is 13.4. The fraction of sp³-hybridized carbons (Fsp3) is 0.250. The van der Waals surface area contributed by atoms with Crippen molar-refractivity contribution >= 4 is 23.6 Å². The van der Waals surface area contributed by atoms with E-state index in [9.17, 15) is 14.4 Å².